The van der Waals surface area contributed by atoms with E-state index in [0.717, 1.165) is 24.3 Å². The first kappa shape index (κ1) is 12.0. The molecule has 0 saturated heterocycles. The molecule has 4 nitrogen and oxygen atoms in total. The van der Waals surface area contributed by atoms with Gasteiger partial charge in [0, 0.05) is 13.1 Å². The average molecular weight is 211 g/mol. The maximum Gasteiger partial charge on any atom is 0.159 e. The van der Waals surface area contributed by atoms with E-state index in [1.165, 1.54) is 0 Å². The van der Waals surface area contributed by atoms with Crippen molar-refractivity contribution in [3.05, 3.63) is 11.9 Å². The molecule has 86 valence electrons. The first-order chi connectivity index (χ1) is 7.06. The Kier molecular flexibility index (Phi) is 4.15. The molecule has 0 spiro atoms. The van der Waals surface area contributed by atoms with Gasteiger partial charge in [-0.2, -0.15) is 5.10 Å². The molecule has 2 N–H and O–H groups in total. The third-order valence-corrected chi connectivity index (χ3v) is 2.81. The molecule has 0 fully saturated rings. The van der Waals surface area contributed by atoms with Crippen LogP contribution in [0, 0.1) is 5.92 Å². The Morgan fingerprint density at radius 2 is 2.20 bits per heavy atom. The lowest BCUT2D eigenvalue weighted by Crippen LogP contribution is -2.27. The van der Waals surface area contributed by atoms with Crippen LogP contribution < -0.4 is 10.5 Å². The predicted octanol–water partition coefficient (Wildman–Crippen LogP) is 1.34. The average Bonchev–Trinajstić information content (AvgIpc) is 2.55. The molecule has 4 heteroatoms. The molecule has 1 aromatic heterocycles. The third-order valence-electron chi connectivity index (χ3n) is 2.81. The number of hydrogen-bond donors (Lipinski definition) is 1. The summed E-state index contributed by atoms with van der Waals surface area (Å²) >= 11 is 0. The van der Waals surface area contributed by atoms with Crippen LogP contribution in [-0.2, 0) is 13.5 Å². The summed E-state index contributed by atoms with van der Waals surface area (Å²) in [5.41, 5.74) is 7.12. The fraction of sp³-hybridized carbons (Fsp3) is 0.727. The van der Waals surface area contributed by atoms with Crippen molar-refractivity contribution in [3.8, 4) is 5.75 Å². The van der Waals surface area contributed by atoms with Gasteiger partial charge in [0.1, 0.15) is 0 Å². The van der Waals surface area contributed by atoms with E-state index in [9.17, 15) is 0 Å². The second kappa shape index (κ2) is 5.16. The van der Waals surface area contributed by atoms with Crippen molar-refractivity contribution in [1.29, 1.82) is 0 Å². The molecule has 1 unspecified atom stereocenters. The van der Waals surface area contributed by atoms with Crippen molar-refractivity contribution in [2.24, 2.45) is 18.7 Å². The summed E-state index contributed by atoms with van der Waals surface area (Å²) < 4.78 is 7.09. The highest BCUT2D eigenvalue weighted by atomic mass is 16.5. The standard InChI is InChI=1S/C11H21N3O/c1-8(2)9(12)5-6-10-11(15-4)7-13-14(10)3/h7-9H,5-6,12H2,1-4H3. The minimum atomic E-state index is 0.240. The van der Waals surface area contributed by atoms with Gasteiger partial charge in [-0.25, -0.2) is 0 Å². The fourth-order valence-electron chi connectivity index (χ4n) is 1.53. The Morgan fingerprint density at radius 3 is 2.73 bits per heavy atom. The molecule has 0 aliphatic rings. The van der Waals surface area contributed by atoms with Crippen molar-refractivity contribution < 1.29 is 4.74 Å². The van der Waals surface area contributed by atoms with Gasteiger partial charge in [-0.3, -0.25) is 4.68 Å². The topological polar surface area (TPSA) is 53.1 Å². The lowest BCUT2D eigenvalue weighted by molar-refractivity contribution is 0.402. The maximum atomic E-state index is 6.00. The molecule has 0 amide bonds. The number of ether oxygens (including phenoxy) is 1. The lowest BCUT2D eigenvalue weighted by atomic mass is 9.99. The Labute approximate surface area is 91.4 Å². The van der Waals surface area contributed by atoms with Gasteiger partial charge in [0.15, 0.2) is 5.75 Å². The van der Waals surface area contributed by atoms with Crippen LogP contribution in [0.25, 0.3) is 0 Å². The summed E-state index contributed by atoms with van der Waals surface area (Å²) in [7, 11) is 3.60. The molecule has 0 aliphatic heterocycles. The van der Waals surface area contributed by atoms with E-state index in [2.05, 4.69) is 18.9 Å². The zero-order valence-electron chi connectivity index (χ0n) is 10.0. The molecule has 0 aliphatic carbocycles. The number of hydrogen-bond acceptors (Lipinski definition) is 3. The van der Waals surface area contributed by atoms with Crippen LogP contribution in [-0.4, -0.2) is 22.9 Å². The second-order valence-electron chi connectivity index (χ2n) is 4.23. The summed E-state index contributed by atoms with van der Waals surface area (Å²) in [6.07, 6.45) is 3.63. The second-order valence-corrected chi connectivity index (χ2v) is 4.23. The molecule has 1 heterocycles. The van der Waals surface area contributed by atoms with Gasteiger partial charge in [-0.15, -0.1) is 0 Å². The fourth-order valence-corrected chi connectivity index (χ4v) is 1.53. The Morgan fingerprint density at radius 1 is 1.53 bits per heavy atom. The zero-order chi connectivity index (χ0) is 11.4. The highest BCUT2D eigenvalue weighted by Gasteiger charge is 2.12. The molecular formula is C11H21N3O. The maximum absolute atomic E-state index is 6.00. The van der Waals surface area contributed by atoms with Crippen LogP contribution in [0.1, 0.15) is 26.0 Å². The predicted molar refractivity (Wildman–Crippen MR) is 60.9 cm³/mol. The number of methoxy groups -OCH3 is 1. The van der Waals surface area contributed by atoms with Gasteiger partial charge < -0.3 is 10.5 Å². The zero-order valence-corrected chi connectivity index (χ0v) is 10.0. The van der Waals surface area contributed by atoms with Crippen LogP contribution in [0.4, 0.5) is 0 Å². The summed E-state index contributed by atoms with van der Waals surface area (Å²) in [6.45, 7) is 4.29. The van der Waals surface area contributed by atoms with Crippen molar-refractivity contribution in [3.63, 3.8) is 0 Å². The molecule has 0 saturated carbocycles. The van der Waals surface area contributed by atoms with E-state index >= 15 is 0 Å². The van der Waals surface area contributed by atoms with Gasteiger partial charge >= 0.3 is 0 Å². The number of rotatable bonds is 5. The van der Waals surface area contributed by atoms with Gasteiger partial charge in [-0.1, -0.05) is 13.8 Å². The van der Waals surface area contributed by atoms with Crippen molar-refractivity contribution in [1.82, 2.24) is 9.78 Å². The van der Waals surface area contributed by atoms with E-state index in [4.69, 9.17) is 10.5 Å². The van der Waals surface area contributed by atoms with Crippen molar-refractivity contribution >= 4 is 0 Å². The Bertz CT molecular complexity index is 307. The number of aromatic nitrogens is 2. The van der Waals surface area contributed by atoms with E-state index < -0.39 is 0 Å². The largest absolute Gasteiger partial charge is 0.493 e. The molecule has 1 aromatic rings. The van der Waals surface area contributed by atoms with Crippen LogP contribution in [0.2, 0.25) is 0 Å². The first-order valence-electron chi connectivity index (χ1n) is 5.36. The van der Waals surface area contributed by atoms with Gasteiger partial charge in [0.2, 0.25) is 0 Å². The Hall–Kier alpha value is -1.03. The molecule has 0 bridgehead atoms. The first-order valence-corrected chi connectivity index (χ1v) is 5.36. The summed E-state index contributed by atoms with van der Waals surface area (Å²) in [5.74, 6) is 1.37. The SMILES string of the molecule is COc1cnn(C)c1CCC(N)C(C)C. The molecular weight excluding hydrogens is 190 g/mol. The molecule has 0 radical (unpaired) electrons. The number of nitrogens with two attached hydrogens (primary N) is 1. The van der Waals surface area contributed by atoms with E-state index in [1.54, 1.807) is 13.3 Å². The number of nitrogens with zero attached hydrogens (tertiary/aromatic N) is 2. The highest BCUT2D eigenvalue weighted by Crippen LogP contribution is 2.19. The normalized spacial score (nSPS) is 13.2. The van der Waals surface area contributed by atoms with E-state index in [-0.39, 0.29) is 6.04 Å². The Balaban J connectivity index is 2.60. The summed E-state index contributed by atoms with van der Waals surface area (Å²) in [4.78, 5) is 0. The van der Waals surface area contributed by atoms with Crippen molar-refractivity contribution in [2.45, 2.75) is 32.7 Å². The smallest absolute Gasteiger partial charge is 0.159 e. The van der Waals surface area contributed by atoms with E-state index in [0.29, 0.717) is 5.92 Å². The summed E-state index contributed by atoms with van der Waals surface area (Å²) in [5, 5.41) is 4.16. The van der Waals surface area contributed by atoms with Crippen LogP contribution >= 0.6 is 0 Å². The minimum Gasteiger partial charge on any atom is -0.493 e. The van der Waals surface area contributed by atoms with E-state index in [1.807, 2.05) is 11.7 Å². The monoisotopic (exact) mass is 211 g/mol. The minimum absolute atomic E-state index is 0.240. The van der Waals surface area contributed by atoms with Crippen LogP contribution in [0.3, 0.4) is 0 Å². The highest BCUT2D eigenvalue weighted by molar-refractivity contribution is 5.25. The molecule has 0 aromatic carbocycles. The quantitative estimate of drug-likeness (QED) is 0.799. The molecule has 1 rings (SSSR count). The molecule has 1 atom stereocenters. The summed E-state index contributed by atoms with van der Waals surface area (Å²) in [6, 6.07) is 0.240. The van der Waals surface area contributed by atoms with Gasteiger partial charge in [0.25, 0.3) is 0 Å². The van der Waals surface area contributed by atoms with Crippen molar-refractivity contribution in [2.75, 3.05) is 7.11 Å². The van der Waals surface area contributed by atoms with Crippen LogP contribution in [0.5, 0.6) is 5.75 Å². The molecule has 15 heavy (non-hydrogen) atoms. The van der Waals surface area contributed by atoms with Gasteiger partial charge in [-0.05, 0) is 18.8 Å². The number of aryl methyl sites for hydroxylation is 1. The lowest BCUT2D eigenvalue weighted by Gasteiger charge is -2.15. The van der Waals surface area contributed by atoms with Crippen LogP contribution in [0.15, 0.2) is 6.20 Å². The third kappa shape index (κ3) is 2.96. The van der Waals surface area contributed by atoms with Gasteiger partial charge in [0.05, 0.1) is 19.0 Å².